The molecule has 1 aromatic carbocycles. The maximum Gasteiger partial charge on any atom is 0.414 e. The molecule has 0 aliphatic carbocycles. The minimum Gasteiger partial charge on any atom is -0.381 e. The van der Waals surface area contributed by atoms with Crippen molar-refractivity contribution >= 4 is 0 Å². The third-order valence-corrected chi connectivity index (χ3v) is 2.68. The second-order valence-corrected chi connectivity index (χ2v) is 4.10. The molecule has 3 N–H and O–H groups in total. The first-order valence-corrected chi connectivity index (χ1v) is 5.46. The summed E-state index contributed by atoms with van der Waals surface area (Å²) in [6, 6.07) is 8.26. The molecular formula is C12H16F3NO2. The van der Waals surface area contributed by atoms with Gasteiger partial charge >= 0.3 is 6.18 Å². The third-order valence-electron chi connectivity index (χ3n) is 2.68. The van der Waals surface area contributed by atoms with Gasteiger partial charge in [0.25, 0.3) is 0 Å². The highest BCUT2D eigenvalue weighted by Crippen LogP contribution is 2.26. The molecule has 0 heterocycles. The zero-order valence-electron chi connectivity index (χ0n) is 9.95. The van der Waals surface area contributed by atoms with Crippen molar-refractivity contribution in [2.45, 2.75) is 24.8 Å². The highest BCUT2D eigenvalue weighted by Gasteiger charge is 2.39. The van der Waals surface area contributed by atoms with E-state index >= 15 is 0 Å². The quantitative estimate of drug-likeness (QED) is 0.851. The van der Waals surface area contributed by atoms with E-state index < -0.39 is 24.5 Å². The standard InChI is InChI=1S/C12H16F3NO2/c1-9(12(13,14)15)18-8-11(17,7-16)10-5-3-2-4-6-10/h2-6,9,17H,7-8,16H2,1H3. The van der Waals surface area contributed by atoms with Crippen LogP contribution in [0, 0.1) is 0 Å². The lowest BCUT2D eigenvalue weighted by Gasteiger charge is -2.29. The number of ether oxygens (including phenoxy) is 1. The van der Waals surface area contributed by atoms with Crippen LogP contribution in [0.3, 0.4) is 0 Å². The van der Waals surface area contributed by atoms with Crippen molar-refractivity contribution in [2.75, 3.05) is 13.2 Å². The summed E-state index contributed by atoms with van der Waals surface area (Å²) in [5.41, 5.74) is 4.25. The van der Waals surface area contributed by atoms with Crippen molar-refractivity contribution in [1.29, 1.82) is 0 Å². The second-order valence-electron chi connectivity index (χ2n) is 4.10. The molecule has 1 aromatic rings. The van der Waals surface area contributed by atoms with E-state index in [1.165, 1.54) is 0 Å². The van der Waals surface area contributed by atoms with Gasteiger partial charge in [0.2, 0.25) is 0 Å². The van der Waals surface area contributed by atoms with Crippen LogP contribution in [0.1, 0.15) is 12.5 Å². The zero-order valence-corrected chi connectivity index (χ0v) is 9.95. The fourth-order valence-corrected chi connectivity index (χ4v) is 1.37. The Morgan fingerprint density at radius 1 is 1.28 bits per heavy atom. The van der Waals surface area contributed by atoms with Gasteiger partial charge in [-0.15, -0.1) is 0 Å². The van der Waals surface area contributed by atoms with E-state index in [9.17, 15) is 18.3 Å². The Morgan fingerprint density at radius 3 is 2.28 bits per heavy atom. The van der Waals surface area contributed by atoms with Crippen LogP contribution in [0.4, 0.5) is 13.2 Å². The molecular weight excluding hydrogens is 247 g/mol. The molecule has 102 valence electrons. The lowest BCUT2D eigenvalue weighted by Crippen LogP contribution is -2.42. The monoisotopic (exact) mass is 263 g/mol. The van der Waals surface area contributed by atoms with Gasteiger partial charge in [-0.2, -0.15) is 13.2 Å². The first-order valence-electron chi connectivity index (χ1n) is 5.46. The van der Waals surface area contributed by atoms with Gasteiger partial charge in [0.05, 0.1) is 6.61 Å². The average Bonchev–Trinajstić information content (AvgIpc) is 2.35. The summed E-state index contributed by atoms with van der Waals surface area (Å²) in [7, 11) is 0. The molecule has 0 fully saturated rings. The highest BCUT2D eigenvalue weighted by molar-refractivity contribution is 5.22. The van der Waals surface area contributed by atoms with E-state index in [1.54, 1.807) is 30.3 Å². The zero-order chi connectivity index (χ0) is 13.8. The lowest BCUT2D eigenvalue weighted by atomic mass is 9.95. The summed E-state index contributed by atoms with van der Waals surface area (Å²) in [4.78, 5) is 0. The van der Waals surface area contributed by atoms with Gasteiger partial charge in [-0.05, 0) is 12.5 Å². The molecule has 2 unspecified atom stereocenters. The van der Waals surface area contributed by atoms with Gasteiger partial charge < -0.3 is 15.6 Å². The number of benzene rings is 1. The van der Waals surface area contributed by atoms with Crippen molar-refractivity contribution in [2.24, 2.45) is 5.73 Å². The van der Waals surface area contributed by atoms with Crippen LogP contribution in [0.25, 0.3) is 0 Å². The number of alkyl halides is 3. The lowest BCUT2D eigenvalue weighted by molar-refractivity contribution is -0.226. The van der Waals surface area contributed by atoms with E-state index in [1.807, 2.05) is 0 Å². The molecule has 0 saturated carbocycles. The van der Waals surface area contributed by atoms with Crippen molar-refractivity contribution in [3.63, 3.8) is 0 Å². The van der Waals surface area contributed by atoms with Crippen LogP contribution in [-0.4, -0.2) is 30.5 Å². The maximum atomic E-state index is 12.3. The number of aliphatic hydroxyl groups is 1. The summed E-state index contributed by atoms with van der Waals surface area (Å²) in [6.07, 6.45) is -6.40. The fourth-order valence-electron chi connectivity index (χ4n) is 1.37. The fraction of sp³-hybridized carbons (Fsp3) is 0.500. The van der Waals surface area contributed by atoms with Crippen LogP contribution >= 0.6 is 0 Å². The Labute approximate surface area is 103 Å². The predicted octanol–water partition coefficient (Wildman–Crippen LogP) is 1.80. The van der Waals surface area contributed by atoms with Gasteiger partial charge in [-0.3, -0.25) is 0 Å². The number of nitrogens with two attached hydrogens (primary N) is 1. The first-order chi connectivity index (χ1) is 8.29. The third kappa shape index (κ3) is 3.69. The van der Waals surface area contributed by atoms with E-state index in [-0.39, 0.29) is 6.54 Å². The Balaban J connectivity index is 2.73. The van der Waals surface area contributed by atoms with Crippen LogP contribution in [0.15, 0.2) is 30.3 Å². The molecule has 1 rings (SSSR count). The summed E-state index contributed by atoms with van der Waals surface area (Å²) >= 11 is 0. The minimum absolute atomic E-state index is 0.221. The molecule has 0 aliphatic heterocycles. The van der Waals surface area contributed by atoms with Crippen molar-refractivity contribution < 1.29 is 23.0 Å². The van der Waals surface area contributed by atoms with Crippen molar-refractivity contribution in [3.05, 3.63) is 35.9 Å². The van der Waals surface area contributed by atoms with Crippen molar-refractivity contribution in [3.8, 4) is 0 Å². The van der Waals surface area contributed by atoms with E-state index in [4.69, 9.17) is 5.73 Å². The largest absolute Gasteiger partial charge is 0.414 e. The second kappa shape index (κ2) is 5.69. The van der Waals surface area contributed by atoms with E-state index in [0.717, 1.165) is 6.92 Å². The molecule has 0 spiro atoms. The number of halogens is 3. The van der Waals surface area contributed by atoms with Gasteiger partial charge in [-0.25, -0.2) is 0 Å². The normalized spacial score (nSPS) is 17.2. The Bertz CT molecular complexity index is 369. The molecule has 0 radical (unpaired) electrons. The Morgan fingerprint density at radius 2 is 1.83 bits per heavy atom. The number of hydrogen-bond acceptors (Lipinski definition) is 3. The number of hydrogen-bond donors (Lipinski definition) is 2. The smallest absolute Gasteiger partial charge is 0.381 e. The molecule has 6 heteroatoms. The summed E-state index contributed by atoms with van der Waals surface area (Å²) < 4.78 is 41.5. The van der Waals surface area contributed by atoms with Gasteiger partial charge in [-0.1, -0.05) is 30.3 Å². The highest BCUT2D eigenvalue weighted by atomic mass is 19.4. The predicted molar refractivity (Wildman–Crippen MR) is 60.9 cm³/mol. The average molecular weight is 263 g/mol. The molecule has 0 aliphatic rings. The summed E-state index contributed by atoms with van der Waals surface area (Å²) in [5.74, 6) is 0. The SMILES string of the molecule is CC(OCC(O)(CN)c1ccccc1)C(F)(F)F. The van der Waals surface area contributed by atoms with Crippen LogP contribution in [0.2, 0.25) is 0 Å². The summed E-state index contributed by atoms with van der Waals surface area (Å²) in [6.45, 7) is 0.164. The van der Waals surface area contributed by atoms with Crippen molar-refractivity contribution in [1.82, 2.24) is 0 Å². The molecule has 0 aromatic heterocycles. The molecule has 0 saturated heterocycles. The minimum atomic E-state index is -4.45. The van der Waals surface area contributed by atoms with Crippen LogP contribution in [-0.2, 0) is 10.3 Å². The van der Waals surface area contributed by atoms with E-state index in [0.29, 0.717) is 5.56 Å². The molecule has 0 amide bonds. The van der Waals surface area contributed by atoms with E-state index in [2.05, 4.69) is 4.74 Å². The Hall–Kier alpha value is -1.11. The molecule has 3 nitrogen and oxygen atoms in total. The molecule has 2 atom stereocenters. The Kier molecular flexibility index (Phi) is 4.72. The first kappa shape index (κ1) is 14.9. The van der Waals surface area contributed by atoms with Gasteiger partial charge in [0.1, 0.15) is 5.60 Å². The van der Waals surface area contributed by atoms with Gasteiger partial charge in [0.15, 0.2) is 6.10 Å². The molecule has 18 heavy (non-hydrogen) atoms. The summed E-state index contributed by atoms with van der Waals surface area (Å²) in [5, 5.41) is 10.2. The number of rotatable bonds is 5. The van der Waals surface area contributed by atoms with Gasteiger partial charge in [0, 0.05) is 6.54 Å². The molecule has 0 bridgehead atoms. The van der Waals surface area contributed by atoms with Crippen LogP contribution < -0.4 is 5.73 Å². The topological polar surface area (TPSA) is 55.5 Å². The van der Waals surface area contributed by atoms with Crippen LogP contribution in [0.5, 0.6) is 0 Å². The maximum absolute atomic E-state index is 12.3.